The van der Waals surface area contributed by atoms with Crippen LogP contribution in [0.15, 0.2) is 0 Å². The van der Waals surface area contributed by atoms with E-state index in [1.165, 1.54) is 89.9 Å². The highest BCUT2D eigenvalue weighted by Gasteiger charge is 2.56. The maximum absolute atomic E-state index is 10.5. The second-order valence-electron chi connectivity index (χ2n) is 9.79. The third-order valence-corrected chi connectivity index (χ3v) is 7.53. The Morgan fingerprint density at radius 3 is 1.81 bits per heavy atom. The number of thioether (sulfide) groups is 1. The molecular weight excluding hydrogens is 412 g/mol. The number of hydrogen-bond donors (Lipinski definition) is 2. The molecule has 2 fully saturated rings. The van der Waals surface area contributed by atoms with Crippen molar-refractivity contribution in [3.05, 3.63) is 0 Å². The summed E-state index contributed by atoms with van der Waals surface area (Å²) >= 11 is 1.76. The summed E-state index contributed by atoms with van der Waals surface area (Å²) in [5, 5.41) is 20.5. The van der Waals surface area contributed by atoms with E-state index >= 15 is 0 Å². The monoisotopic (exact) mass is 460 g/mol. The Kier molecular flexibility index (Phi) is 13.4. The van der Waals surface area contributed by atoms with Gasteiger partial charge in [0.2, 0.25) is 0 Å². The van der Waals surface area contributed by atoms with Crippen molar-refractivity contribution in [2.24, 2.45) is 0 Å². The van der Waals surface area contributed by atoms with Gasteiger partial charge in [-0.15, -0.1) is 0 Å². The number of unbranched alkanes of at least 4 members (excludes halogenated alkanes) is 13. The first kappa shape index (κ1) is 27.4. The molecule has 0 saturated carbocycles. The summed E-state index contributed by atoms with van der Waals surface area (Å²) in [6.45, 7) is 5.93. The summed E-state index contributed by atoms with van der Waals surface area (Å²) in [6.07, 6.45) is 16.1. The molecule has 6 heteroatoms. The minimum absolute atomic E-state index is 0.401. The van der Waals surface area contributed by atoms with Gasteiger partial charge < -0.3 is 24.4 Å². The van der Waals surface area contributed by atoms with E-state index in [1.807, 2.05) is 13.8 Å². The summed E-state index contributed by atoms with van der Waals surface area (Å²) in [6, 6.07) is 0. The highest BCUT2D eigenvalue weighted by atomic mass is 32.2. The van der Waals surface area contributed by atoms with Gasteiger partial charge in [0, 0.05) is 5.75 Å². The van der Waals surface area contributed by atoms with Crippen LogP contribution < -0.4 is 0 Å². The third kappa shape index (κ3) is 10.3. The van der Waals surface area contributed by atoms with Crippen molar-refractivity contribution in [3.8, 4) is 0 Å². The van der Waals surface area contributed by atoms with Gasteiger partial charge in [-0.25, -0.2) is 0 Å². The van der Waals surface area contributed by atoms with Gasteiger partial charge in [-0.1, -0.05) is 90.4 Å². The lowest BCUT2D eigenvalue weighted by molar-refractivity contribution is -0.228. The molecule has 0 unspecified atom stereocenters. The van der Waals surface area contributed by atoms with Crippen LogP contribution in [-0.2, 0) is 14.2 Å². The zero-order chi connectivity index (χ0) is 22.5. The molecule has 2 aliphatic heterocycles. The lowest BCUT2D eigenvalue weighted by Gasteiger charge is -2.25. The van der Waals surface area contributed by atoms with E-state index in [1.54, 1.807) is 11.8 Å². The number of aliphatic hydroxyl groups is 2. The Labute approximate surface area is 195 Å². The van der Waals surface area contributed by atoms with Crippen LogP contribution in [0.25, 0.3) is 0 Å². The molecule has 0 aromatic rings. The predicted octanol–water partition coefficient (Wildman–Crippen LogP) is 5.80. The van der Waals surface area contributed by atoms with E-state index in [9.17, 15) is 10.2 Å². The van der Waals surface area contributed by atoms with E-state index in [-0.39, 0.29) is 0 Å². The molecule has 31 heavy (non-hydrogen) atoms. The molecule has 2 rings (SSSR count). The van der Waals surface area contributed by atoms with E-state index in [0.717, 1.165) is 5.75 Å². The predicted molar refractivity (Wildman–Crippen MR) is 128 cm³/mol. The number of rotatable bonds is 18. The van der Waals surface area contributed by atoms with Crippen LogP contribution >= 0.6 is 11.8 Å². The standard InChI is InChI=1S/C25H48O5S/c1-4-5-6-7-8-9-10-11-12-13-14-15-16-17-18-31-19-20(26)21-22-23(24(27)28-21)30-25(2,3)29-22/h20-24,26-27H,4-19H2,1-3H3/t20-,21-,22+,23+,24+/m1/s1. The molecular formula is C25H48O5S. The first-order chi connectivity index (χ1) is 14.9. The lowest BCUT2D eigenvalue weighted by atomic mass is 10.0. The molecule has 0 aromatic carbocycles. The number of fused-ring (bicyclic) bond motifs is 1. The molecule has 2 heterocycles. The minimum Gasteiger partial charge on any atom is -0.389 e. The molecule has 5 nitrogen and oxygen atoms in total. The second-order valence-corrected chi connectivity index (χ2v) is 10.9. The Balaban J connectivity index is 1.37. The summed E-state index contributed by atoms with van der Waals surface area (Å²) in [4.78, 5) is 0. The number of aliphatic hydroxyl groups excluding tert-OH is 2. The van der Waals surface area contributed by atoms with Crippen LogP contribution in [0.2, 0.25) is 0 Å². The van der Waals surface area contributed by atoms with Gasteiger partial charge in [0.05, 0.1) is 6.10 Å². The first-order valence-corrected chi connectivity index (χ1v) is 14.0. The van der Waals surface area contributed by atoms with E-state index < -0.39 is 36.5 Å². The Morgan fingerprint density at radius 2 is 1.26 bits per heavy atom. The third-order valence-electron chi connectivity index (χ3n) is 6.38. The van der Waals surface area contributed by atoms with Crippen LogP contribution in [0.3, 0.4) is 0 Å². The molecule has 0 amide bonds. The van der Waals surface area contributed by atoms with Gasteiger partial charge in [-0.3, -0.25) is 0 Å². The van der Waals surface area contributed by atoms with Crippen LogP contribution in [-0.4, -0.2) is 58.2 Å². The van der Waals surface area contributed by atoms with Crippen LogP contribution in [0.5, 0.6) is 0 Å². The van der Waals surface area contributed by atoms with Gasteiger partial charge >= 0.3 is 0 Å². The highest BCUT2D eigenvalue weighted by Crippen LogP contribution is 2.39. The molecule has 5 atom stereocenters. The summed E-state index contributed by atoms with van der Waals surface area (Å²) < 4.78 is 17.0. The summed E-state index contributed by atoms with van der Waals surface area (Å²) in [5.41, 5.74) is 0. The molecule has 0 bridgehead atoms. The SMILES string of the molecule is CCCCCCCCCCCCCCCCSC[C@@H](O)[C@H]1O[C@H](O)[C@H]2OC(C)(C)O[C@@H]12. The van der Waals surface area contributed by atoms with Crippen molar-refractivity contribution in [2.75, 3.05) is 11.5 Å². The highest BCUT2D eigenvalue weighted by molar-refractivity contribution is 7.99. The molecule has 0 spiro atoms. The van der Waals surface area contributed by atoms with Crippen molar-refractivity contribution in [1.82, 2.24) is 0 Å². The summed E-state index contributed by atoms with van der Waals surface area (Å²) in [7, 11) is 0. The minimum atomic E-state index is -1.03. The van der Waals surface area contributed by atoms with E-state index in [4.69, 9.17) is 14.2 Å². The van der Waals surface area contributed by atoms with Gasteiger partial charge in [-0.2, -0.15) is 11.8 Å². The maximum Gasteiger partial charge on any atom is 0.184 e. The van der Waals surface area contributed by atoms with Crippen LogP contribution in [0.4, 0.5) is 0 Å². The second kappa shape index (κ2) is 15.1. The molecule has 184 valence electrons. The Morgan fingerprint density at radius 1 is 0.774 bits per heavy atom. The molecule has 0 aromatic heterocycles. The first-order valence-electron chi connectivity index (χ1n) is 12.9. The van der Waals surface area contributed by atoms with Gasteiger partial charge in [-0.05, 0) is 26.0 Å². The Bertz CT molecular complexity index is 461. The molecule has 2 N–H and O–H groups in total. The summed E-state index contributed by atoms with van der Waals surface area (Å²) in [5.74, 6) is 0.920. The van der Waals surface area contributed by atoms with Crippen molar-refractivity contribution in [1.29, 1.82) is 0 Å². The normalized spacial score (nSPS) is 28.2. The maximum atomic E-state index is 10.5. The quantitative estimate of drug-likeness (QED) is 0.252. The topological polar surface area (TPSA) is 68.2 Å². The molecule has 2 saturated heterocycles. The molecule has 0 aliphatic carbocycles. The molecule has 2 aliphatic rings. The zero-order valence-corrected chi connectivity index (χ0v) is 21.0. The van der Waals surface area contributed by atoms with E-state index in [0.29, 0.717) is 5.75 Å². The van der Waals surface area contributed by atoms with Crippen LogP contribution in [0, 0.1) is 0 Å². The fraction of sp³-hybridized carbons (Fsp3) is 1.00. The average molecular weight is 461 g/mol. The zero-order valence-electron chi connectivity index (χ0n) is 20.2. The number of hydrogen-bond acceptors (Lipinski definition) is 6. The van der Waals surface area contributed by atoms with Crippen molar-refractivity contribution >= 4 is 11.8 Å². The largest absolute Gasteiger partial charge is 0.389 e. The fourth-order valence-corrected chi connectivity index (χ4v) is 5.62. The van der Waals surface area contributed by atoms with Crippen molar-refractivity contribution < 1.29 is 24.4 Å². The number of ether oxygens (including phenoxy) is 3. The smallest absolute Gasteiger partial charge is 0.184 e. The van der Waals surface area contributed by atoms with Gasteiger partial charge in [0.25, 0.3) is 0 Å². The lowest BCUT2D eigenvalue weighted by Crippen LogP contribution is -2.39. The fourth-order valence-electron chi connectivity index (χ4n) is 4.61. The van der Waals surface area contributed by atoms with Gasteiger partial charge in [0.1, 0.15) is 18.3 Å². The van der Waals surface area contributed by atoms with E-state index in [2.05, 4.69) is 6.92 Å². The Hall–Kier alpha value is 0.150. The average Bonchev–Trinajstić information content (AvgIpc) is 3.20. The van der Waals surface area contributed by atoms with Crippen molar-refractivity contribution in [2.45, 2.75) is 147 Å². The molecule has 0 radical (unpaired) electrons. The van der Waals surface area contributed by atoms with Crippen molar-refractivity contribution in [3.63, 3.8) is 0 Å². The van der Waals surface area contributed by atoms with Crippen LogP contribution in [0.1, 0.15) is 111 Å². The van der Waals surface area contributed by atoms with Gasteiger partial charge in [0.15, 0.2) is 12.1 Å².